The molecule has 5 aliphatic rings. The van der Waals surface area contributed by atoms with Gasteiger partial charge in [-0.2, -0.15) is 0 Å². The molecule has 8 rings (SSSR count). The van der Waals surface area contributed by atoms with Gasteiger partial charge in [0.2, 0.25) is 0 Å². The van der Waals surface area contributed by atoms with Gasteiger partial charge in [-0.15, -0.1) is 0 Å². The molecule has 0 bridgehead atoms. The topological polar surface area (TPSA) is 78.9 Å². The van der Waals surface area contributed by atoms with Crippen LogP contribution in [0.4, 0.5) is 0 Å². The van der Waals surface area contributed by atoms with Crippen molar-refractivity contribution >= 4 is 17.9 Å². The molecule has 0 aromatic heterocycles. The highest BCUT2D eigenvalue weighted by Gasteiger charge is 2.38. The van der Waals surface area contributed by atoms with E-state index in [0.29, 0.717) is 42.1 Å². The molecule has 5 aliphatic carbocycles. The van der Waals surface area contributed by atoms with E-state index in [4.69, 9.17) is 14.2 Å². The summed E-state index contributed by atoms with van der Waals surface area (Å²) in [5.41, 5.74) is 6.25. The third-order valence-corrected chi connectivity index (χ3v) is 14.6. The number of ether oxygens (including phenoxy) is 3. The van der Waals surface area contributed by atoms with Crippen LogP contribution < -0.4 is 0 Å². The van der Waals surface area contributed by atoms with Crippen LogP contribution in [0.1, 0.15) is 160 Å². The van der Waals surface area contributed by atoms with Gasteiger partial charge in [0.15, 0.2) is 0 Å². The van der Waals surface area contributed by atoms with Gasteiger partial charge < -0.3 is 14.2 Å². The summed E-state index contributed by atoms with van der Waals surface area (Å²) in [6, 6.07) is 30.9. The van der Waals surface area contributed by atoms with Crippen molar-refractivity contribution in [1.82, 2.24) is 0 Å². The number of rotatable bonds is 11. The molecule has 3 aromatic carbocycles. The van der Waals surface area contributed by atoms with Crippen molar-refractivity contribution in [2.75, 3.05) is 6.61 Å². The normalized spacial score (nSPS) is 27.5. The van der Waals surface area contributed by atoms with Crippen LogP contribution in [0.5, 0.6) is 0 Å². The van der Waals surface area contributed by atoms with Crippen molar-refractivity contribution in [2.45, 2.75) is 155 Å². The Kier molecular flexibility index (Phi) is 18.3. The number of benzene rings is 3. The van der Waals surface area contributed by atoms with Crippen LogP contribution in [0.15, 0.2) is 126 Å². The molecule has 6 heteroatoms. The second-order valence-electron chi connectivity index (χ2n) is 19.9. The monoisotopic (exact) mass is 869 g/mol. The minimum absolute atomic E-state index is 0.0777. The highest BCUT2D eigenvalue weighted by molar-refractivity contribution is 5.92. The molecule has 2 saturated carbocycles. The Labute approximate surface area is 385 Å². The molecule has 344 valence electrons. The van der Waals surface area contributed by atoms with Gasteiger partial charge in [-0.25, -0.2) is 14.4 Å². The zero-order valence-electron chi connectivity index (χ0n) is 39.9. The highest BCUT2D eigenvalue weighted by atomic mass is 16.5. The summed E-state index contributed by atoms with van der Waals surface area (Å²) >= 11 is 0. The summed E-state index contributed by atoms with van der Waals surface area (Å²) in [6.45, 7) is 15.8. The van der Waals surface area contributed by atoms with Gasteiger partial charge in [-0.1, -0.05) is 164 Å². The molecule has 0 N–H and O–H groups in total. The van der Waals surface area contributed by atoms with Crippen LogP contribution in [-0.4, -0.2) is 36.7 Å². The molecule has 0 radical (unpaired) electrons. The lowest BCUT2D eigenvalue weighted by Crippen LogP contribution is -2.36. The Balaban J connectivity index is 0.000000163. The van der Waals surface area contributed by atoms with Crippen LogP contribution in [0, 0.1) is 35.5 Å². The summed E-state index contributed by atoms with van der Waals surface area (Å²) in [4.78, 5) is 37.5. The first-order chi connectivity index (χ1) is 30.9. The standard InChI is InChI=1S/2C22H30O2.C14H16O2/c2*1-15(2)18-13-12-16(3)14-21(18)24-22(23)20-11-7-10-19(20)17-8-5-4-6-9-17;1-2-16-14(15)13-10-6-9-12(13)11-7-4-3-5-8-11/h2*4-6,8-9,11,15-16,18-19,21H,7,10,12-14H2,1-3H3;3-5,7-8,10,12H,2,6,9H2,1H3/t16-,18+,19+,21-;16-,18+,19-,21-;/m11./s1. The number of esters is 3. The van der Waals surface area contributed by atoms with E-state index in [1.165, 1.54) is 42.4 Å². The summed E-state index contributed by atoms with van der Waals surface area (Å²) in [7, 11) is 0. The quantitative estimate of drug-likeness (QED) is 0.141. The van der Waals surface area contributed by atoms with E-state index in [1.54, 1.807) is 0 Å². The van der Waals surface area contributed by atoms with Crippen LogP contribution in [0.2, 0.25) is 0 Å². The van der Waals surface area contributed by atoms with Crippen molar-refractivity contribution in [3.05, 3.63) is 143 Å². The van der Waals surface area contributed by atoms with E-state index in [0.717, 1.165) is 68.1 Å². The van der Waals surface area contributed by atoms with Crippen molar-refractivity contribution in [3.63, 3.8) is 0 Å². The van der Waals surface area contributed by atoms with Gasteiger partial charge in [0.05, 0.1) is 6.61 Å². The number of carbonyl (C=O) groups is 3. The molecule has 3 aromatic rings. The Bertz CT molecular complexity index is 1920. The van der Waals surface area contributed by atoms with E-state index in [9.17, 15) is 14.4 Å². The average molecular weight is 869 g/mol. The summed E-state index contributed by atoms with van der Waals surface area (Å²) in [5, 5.41) is 0. The lowest BCUT2D eigenvalue weighted by atomic mass is 9.75. The first kappa shape index (κ1) is 48.7. The molecule has 9 atom stereocenters. The summed E-state index contributed by atoms with van der Waals surface area (Å²) < 4.78 is 17.2. The van der Waals surface area contributed by atoms with Crippen molar-refractivity contribution in [1.29, 1.82) is 0 Å². The second-order valence-corrected chi connectivity index (χ2v) is 19.9. The maximum absolute atomic E-state index is 12.9. The van der Waals surface area contributed by atoms with Crippen molar-refractivity contribution in [3.8, 4) is 0 Å². The van der Waals surface area contributed by atoms with Crippen LogP contribution in [-0.2, 0) is 28.6 Å². The van der Waals surface area contributed by atoms with Crippen LogP contribution in [0.25, 0.3) is 0 Å². The summed E-state index contributed by atoms with van der Waals surface area (Å²) in [5.74, 6) is 3.77. The lowest BCUT2D eigenvalue weighted by Gasteiger charge is -2.37. The van der Waals surface area contributed by atoms with E-state index >= 15 is 0 Å². The predicted octanol–water partition coefficient (Wildman–Crippen LogP) is 14.0. The number of hydrogen-bond acceptors (Lipinski definition) is 6. The first-order valence-electron chi connectivity index (χ1n) is 24.8. The van der Waals surface area contributed by atoms with Crippen molar-refractivity contribution in [2.24, 2.45) is 35.5 Å². The second kappa shape index (κ2) is 24.0. The molecule has 0 heterocycles. The fourth-order valence-corrected chi connectivity index (χ4v) is 11.0. The predicted molar refractivity (Wildman–Crippen MR) is 259 cm³/mol. The van der Waals surface area contributed by atoms with Gasteiger partial charge in [-0.3, -0.25) is 0 Å². The SMILES string of the molecule is CC(C)[C@@H]1CC[C@@H](C)C[C@H]1OC(=O)C1=CCC[C@@H]1c1ccccc1.CC(C)[C@@H]1CC[C@@H](C)C[C@H]1OC(=O)C1=CCC[C@H]1c1ccccc1.CCOC(=O)C1=CCCC1c1ccccc1. The molecular formula is C58H76O6. The largest absolute Gasteiger partial charge is 0.463 e. The van der Waals surface area contributed by atoms with Crippen LogP contribution in [0.3, 0.4) is 0 Å². The maximum atomic E-state index is 12.9. The van der Waals surface area contributed by atoms with Gasteiger partial charge in [-0.05, 0) is 123 Å². The minimum Gasteiger partial charge on any atom is -0.463 e. The fraction of sp³-hybridized carbons (Fsp3) is 0.534. The Morgan fingerprint density at radius 1 is 0.484 bits per heavy atom. The third kappa shape index (κ3) is 13.0. The van der Waals surface area contributed by atoms with Crippen LogP contribution >= 0.6 is 0 Å². The Morgan fingerprint density at radius 3 is 1.12 bits per heavy atom. The van der Waals surface area contributed by atoms with E-state index in [2.05, 4.69) is 90.1 Å². The Hall–Kier alpha value is -4.71. The zero-order valence-corrected chi connectivity index (χ0v) is 39.9. The molecular weight excluding hydrogens is 793 g/mol. The minimum atomic E-state index is -0.158. The smallest absolute Gasteiger partial charge is 0.334 e. The van der Waals surface area contributed by atoms with Gasteiger partial charge in [0.25, 0.3) is 0 Å². The number of allylic oxidation sites excluding steroid dienone is 3. The Morgan fingerprint density at radius 2 is 0.812 bits per heavy atom. The van der Waals surface area contributed by atoms with E-state index < -0.39 is 0 Å². The molecule has 64 heavy (non-hydrogen) atoms. The van der Waals surface area contributed by atoms with E-state index in [1.807, 2.05) is 67.6 Å². The van der Waals surface area contributed by atoms with Gasteiger partial charge in [0.1, 0.15) is 12.2 Å². The number of hydrogen-bond donors (Lipinski definition) is 0. The molecule has 0 amide bonds. The third-order valence-electron chi connectivity index (χ3n) is 14.6. The molecule has 1 unspecified atom stereocenters. The average Bonchev–Trinajstić information content (AvgIpc) is 4.10. The molecule has 0 aliphatic heterocycles. The zero-order chi connectivity index (χ0) is 45.6. The number of carbonyl (C=O) groups excluding carboxylic acids is 3. The van der Waals surface area contributed by atoms with Gasteiger partial charge >= 0.3 is 17.9 Å². The van der Waals surface area contributed by atoms with Gasteiger partial charge in [0, 0.05) is 34.5 Å². The van der Waals surface area contributed by atoms with Crippen molar-refractivity contribution < 1.29 is 28.6 Å². The molecule has 2 fully saturated rings. The lowest BCUT2D eigenvalue weighted by molar-refractivity contribution is -0.152. The molecule has 6 nitrogen and oxygen atoms in total. The maximum Gasteiger partial charge on any atom is 0.334 e. The highest BCUT2D eigenvalue weighted by Crippen LogP contribution is 2.41. The fourth-order valence-electron chi connectivity index (χ4n) is 11.0. The van der Waals surface area contributed by atoms with E-state index in [-0.39, 0.29) is 47.9 Å². The molecule has 0 spiro atoms. The summed E-state index contributed by atoms with van der Waals surface area (Å²) in [6.07, 6.45) is 19.2. The molecule has 0 saturated heterocycles. The first-order valence-corrected chi connectivity index (χ1v) is 24.8.